The summed E-state index contributed by atoms with van der Waals surface area (Å²) in [6.45, 7) is 2.42. The molecule has 0 unspecified atom stereocenters. The van der Waals surface area contributed by atoms with Crippen molar-refractivity contribution < 1.29 is 9.47 Å². The van der Waals surface area contributed by atoms with Crippen LogP contribution in [0.1, 0.15) is 12.2 Å². The summed E-state index contributed by atoms with van der Waals surface area (Å²) in [7, 11) is 3.47. The van der Waals surface area contributed by atoms with Crippen LogP contribution in [0.4, 0.5) is 0 Å². The molecule has 6 nitrogen and oxygen atoms in total. The average molecular weight is 317 g/mol. The van der Waals surface area contributed by atoms with Crippen LogP contribution in [-0.2, 0) is 15.9 Å². The van der Waals surface area contributed by atoms with Gasteiger partial charge in [-0.15, -0.1) is 0 Å². The number of ether oxygens (including phenoxy) is 2. The SMILES string of the molecule is COC[C@@H]1C[C@@H](OC)CN1CCc1nc2ccccc2c(=O)[nH]1. The molecule has 0 spiro atoms. The van der Waals surface area contributed by atoms with E-state index in [1.165, 1.54) is 0 Å². The van der Waals surface area contributed by atoms with Crippen LogP contribution in [0, 0.1) is 0 Å². The van der Waals surface area contributed by atoms with Gasteiger partial charge in [-0.2, -0.15) is 0 Å². The number of methoxy groups -OCH3 is 2. The van der Waals surface area contributed by atoms with Gasteiger partial charge in [0.1, 0.15) is 5.82 Å². The number of fused-ring (bicyclic) bond motifs is 1. The molecule has 124 valence electrons. The first-order chi connectivity index (χ1) is 11.2. The molecule has 3 rings (SSSR count). The molecule has 1 aliphatic rings. The number of hydrogen-bond acceptors (Lipinski definition) is 5. The molecule has 0 saturated carbocycles. The maximum atomic E-state index is 12.1. The van der Waals surface area contributed by atoms with E-state index in [0.29, 0.717) is 24.5 Å². The van der Waals surface area contributed by atoms with Gasteiger partial charge in [0, 0.05) is 39.8 Å². The Morgan fingerprint density at radius 2 is 2.17 bits per heavy atom. The third kappa shape index (κ3) is 3.60. The van der Waals surface area contributed by atoms with Crippen molar-refractivity contribution in [2.24, 2.45) is 0 Å². The fourth-order valence-corrected chi connectivity index (χ4v) is 3.25. The summed E-state index contributed by atoms with van der Waals surface area (Å²) in [5, 5.41) is 0.633. The maximum absolute atomic E-state index is 12.1. The lowest BCUT2D eigenvalue weighted by Crippen LogP contribution is -2.35. The Kier molecular flexibility index (Phi) is 5.05. The minimum atomic E-state index is -0.0739. The number of hydrogen-bond donors (Lipinski definition) is 1. The highest BCUT2D eigenvalue weighted by molar-refractivity contribution is 5.77. The molecule has 1 saturated heterocycles. The van der Waals surface area contributed by atoms with Crippen LogP contribution in [0.15, 0.2) is 29.1 Å². The van der Waals surface area contributed by atoms with Crippen molar-refractivity contribution in [1.82, 2.24) is 14.9 Å². The molecule has 0 aliphatic carbocycles. The van der Waals surface area contributed by atoms with Crippen LogP contribution in [0.2, 0.25) is 0 Å². The number of para-hydroxylation sites is 1. The molecule has 1 fully saturated rings. The molecule has 6 heteroatoms. The predicted molar refractivity (Wildman–Crippen MR) is 88.7 cm³/mol. The second-order valence-corrected chi connectivity index (χ2v) is 5.98. The molecule has 0 bridgehead atoms. The van der Waals surface area contributed by atoms with Crippen LogP contribution in [0.3, 0.4) is 0 Å². The topological polar surface area (TPSA) is 67.5 Å². The van der Waals surface area contributed by atoms with Crippen molar-refractivity contribution in [3.8, 4) is 0 Å². The quantitative estimate of drug-likeness (QED) is 0.867. The van der Waals surface area contributed by atoms with Crippen LogP contribution < -0.4 is 5.56 Å². The zero-order valence-corrected chi connectivity index (χ0v) is 13.6. The van der Waals surface area contributed by atoms with E-state index >= 15 is 0 Å². The van der Waals surface area contributed by atoms with Gasteiger partial charge in [0.15, 0.2) is 0 Å². The monoisotopic (exact) mass is 317 g/mol. The lowest BCUT2D eigenvalue weighted by Gasteiger charge is -2.23. The largest absolute Gasteiger partial charge is 0.383 e. The highest BCUT2D eigenvalue weighted by Crippen LogP contribution is 2.20. The highest BCUT2D eigenvalue weighted by Gasteiger charge is 2.31. The molecular weight excluding hydrogens is 294 g/mol. The fraction of sp³-hybridized carbons (Fsp3) is 0.529. The minimum absolute atomic E-state index is 0.0739. The van der Waals surface area contributed by atoms with E-state index in [1.807, 2.05) is 18.2 Å². The summed E-state index contributed by atoms with van der Waals surface area (Å²) >= 11 is 0. The van der Waals surface area contributed by atoms with Crippen molar-refractivity contribution in [3.63, 3.8) is 0 Å². The fourth-order valence-electron chi connectivity index (χ4n) is 3.25. The van der Waals surface area contributed by atoms with Crippen LogP contribution in [-0.4, -0.2) is 60.9 Å². The van der Waals surface area contributed by atoms with E-state index in [2.05, 4.69) is 14.9 Å². The lowest BCUT2D eigenvalue weighted by molar-refractivity contribution is 0.108. The molecule has 0 amide bonds. The van der Waals surface area contributed by atoms with Crippen molar-refractivity contribution in [3.05, 3.63) is 40.4 Å². The molecule has 1 N–H and O–H groups in total. The second kappa shape index (κ2) is 7.21. The number of aromatic nitrogens is 2. The first-order valence-corrected chi connectivity index (χ1v) is 7.95. The van der Waals surface area contributed by atoms with Gasteiger partial charge in [0.2, 0.25) is 0 Å². The summed E-state index contributed by atoms with van der Waals surface area (Å²) in [5.74, 6) is 0.728. The zero-order valence-electron chi connectivity index (χ0n) is 13.6. The summed E-state index contributed by atoms with van der Waals surface area (Å²) in [4.78, 5) is 21.9. The van der Waals surface area contributed by atoms with E-state index in [-0.39, 0.29) is 11.7 Å². The van der Waals surface area contributed by atoms with Gasteiger partial charge in [0.05, 0.1) is 23.6 Å². The first-order valence-electron chi connectivity index (χ1n) is 7.95. The number of likely N-dealkylation sites (tertiary alicyclic amines) is 1. The first kappa shape index (κ1) is 16.1. The van der Waals surface area contributed by atoms with E-state index in [0.717, 1.165) is 30.9 Å². The van der Waals surface area contributed by atoms with Gasteiger partial charge in [-0.05, 0) is 18.6 Å². The molecule has 2 atom stereocenters. The Balaban J connectivity index is 1.71. The number of benzene rings is 1. The number of rotatable bonds is 6. The third-order valence-corrected chi connectivity index (χ3v) is 4.48. The number of nitrogens with one attached hydrogen (secondary N) is 1. The van der Waals surface area contributed by atoms with E-state index in [9.17, 15) is 4.79 Å². The highest BCUT2D eigenvalue weighted by atomic mass is 16.5. The number of nitrogens with zero attached hydrogens (tertiary/aromatic N) is 2. The molecule has 1 aromatic heterocycles. The van der Waals surface area contributed by atoms with Gasteiger partial charge in [0.25, 0.3) is 5.56 Å². The normalized spacial score (nSPS) is 22.0. The standard InChI is InChI=1S/C17H23N3O3/c1-22-11-12-9-13(23-2)10-20(12)8-7-16-18-15-6-4-3-5-14(15)17(21)19-16/h3-6,12-13H,7-11H2,1-2H3,(H,18,19,21)/t12-,13+/m0/s1. The molecule has 2 heterocycles. The molecule has 2 aromatic rings. The predicted octanol–water partition coefficient (Wildman–Crippen LogP) is 1.20. The maximum Gasteiger partial charge on any atom is 0.258 e. The minimum Gasteiger partial charge on any atom is -0.383 e. The summed E-state index contributed by atoms with van der Waals surface area (Å²) in [5.41, 5.74) is 0.672. The van der Waals surface area contributed by atoms with Gasteiger partial charge < -0.3 is 14.5 Å². The average Bonchev–Trinajstić information content (AvgIpc) is 2.96. The second-order valence-electron chi connectivity index (χ2n) is 5.98. The molecule has 23 heavy (non-hydrogen) atoms. The molecule has 1 aliphatic heterocycles. The summed E-state index contributed by atoms with van der Waals surface area (Å²) in [6, 6.07) is 7.78. The zero-order chi connectivity index (χ0) is 16.2. The van der Waals surface area contributed by atoms with E-state index in [1.54, 1.807) is 20.3 Å². The molecule has 0 radical (unpaired) electrons. The smallest absolute Gasteiger partial charge is 0.258 e. The Morgan fingerprint density at radius 3 is 2.96 bits per heavy atom. The van der Waals surface area contributed by atoms with Gasteiger partial charge in [-0.25, -0.2) is 4.98 Å². The number of H-pyrrole nitrogens is 1. The Morgan fingerprint density at radius 1 is 1.35 bits per heavy atom. The summed E-state index contributed by atoms with van der Waals surface area (Å²) < 4.78 is 10.8. The number of aromatic amines is 1. The van der Waals surface area contributed by atoms with Crippen molar-refractivity contribution in [1.29, 1.82) is 0 Å². The Bertz CT molecular complexity index is 716. The van der Waals surface area contributed by atoms with Gasteiger partial charge >= 0.3 is 0 Å². The van der Waals surface area contributed by atoms with Crippen molar-refractivity contribution in [2.45, 2.75) is 25.0 Å². The van der Waals surface area contributed by atoms with E-state index < -0.39 is 0 Å². The van der Waals surface area contributed by atoms with E-state index in [4.69, 9.17) is 9.47 Å². The Labute approximate surface area is 135 Å². The molecule has 1 aromatic carbocycles. The van der Waals surface area contributed by atoms with Gasteiger partial charge in [-0.1, -0.05) is 12.1 Å². The van der Waals surface area contributed by atoms with Crippen molar-refractivity contribution in [2.75, 3.05) is 33.9 Å². The summed E-state index contributed by atoms with van der Waals surface area (Å²) in [6.07, 6.45) is 1.93. The van der Waals surface area contributed by atoms with Gasteiger partial charge in [-0.3, -0.25) is 9.69 Å². The van der Waals surface area contributed by atoms with Crippen LogP contribution in [0.5, 0.6) is 0 Å². The lowest BCUT2D eigenvalue weighted by atomic mass is 10.2. The van der Waals surface area contributed by atoms with Crippen LogP contribution in [0.25, 0.3) is 10.9 Å². The Hall–Kier alpha value is -1.76. The van der Waals surface area contributed by atoms with Crippen molar-refractivity contribution >= 4 is 10.9 Å². The third-order valence-electron chi connectivity index (χ3n) is 4.48. The van der Waals surface area contributed by atoms with Crippen LogP contribution >= 0.6 is 0 Å². The molecular formula is C17H23N3O3.